The van der Waals surface area contributed by atoms with Gasteiger partial charge in [0.1, 0.15) is 5.60 Å². The molecule has 4 bridgehead atoms. The fourth-order valence-electron chi connectivity index (χ4n) is 9.06. The molecule has 5 rings (SSSR count). The summed E-state index contributed by atoms with van der Waals surface area (Å²) in [6.45, 7) is 16.3. The molecule has 10 nitrogen and oxygen atoms in total. The van der Waals surface area contributed by atoms with Gasteiger partial charge in [0.25, 0.3) is 0 Å². The Morgan fingerprint density at radius 1 is 0.667 bits per heavy atom. The number of carbonyl (C=O) groups excluding carboxylic acids is 3. The van der Waals surface area contributed by atoms with Crippen LogP contribution in [0.1, 0.15) is 170 Å². The highest BCUT2D eigenvalue weighted by molar-refractivity contribution is 7.88. The first-order valence-corrected chi connectivity index (χ1v) is 24.4. The van der Waals surface area contributed by atoms with Crippen molar-refractivity contribution in [1.29, 1.82) is 0 Å². The van der Waals surface area contributed by atoms with Crippen molar-refractivity contribution >= 4 is 33.7 Å². The van der Waals surface area contributed by atoms with E-state index in [0.717, 1.165) is 88.2 Å². The predicted molar refractivity (Wildman–Crippen MR) is 231 cm³/mol. The van der Waals surface area contributed by atoms with E-state index in [1.165, 1.54) is 50.3 Å². The van der Waals surface area contributed by atoms with Gasteiger partial charge in [-0.15, -0.1) is 0 Å². The molecule has 0 aliphatic heterocycles. The number of oxime groups is 1. The van der Waals surface area contributed by atoms with Gasteiger partial charge in [-0.25, -0.2) is 4.79 Å². The average Bonchev–Trinajstić information content (AvgIpc) is 3.21. The number of halogens is 5. The second kappa shape index (κ2) is 23.2. The Hall–Kier alpha value is -3.30. The Bertz CT molecular complexity index is 1740. The van der Waals surface area contributed by atoms with Gasteiger partial charge in [-0.05, 0) is 115 Å². The summed E-state index contributed by atoms with van der Waals surface area (Å²) in [5, 5.41) is -2.90. The summed E-state index contributed by atoms with van der Waals surface area (Å²) >= 11 is 0. The SMILES string of the molecule is CCC(C)(C)C(=O)OC1(C(C)C)C2CC3CC(C2)CC1C3.CCC(C)(C)C(=O)OCCCCCCCCCCCCOC(=O)C(F)(F)S(=O)(=O)O/N=C(\c1ccccc1)C(F)(F)F. The van der Waals surface area contributed by atoms with Crippen molar-refractivity contribution in [1.82, 2.24) is 0 Å². The van der Waals surface area contributed by atoms with Crippen LogP contribution in [0.5, 0.6) is 0 Å². The first kappa shape index (κ1) is 54.0. The van der Waals surface area contributed by atoms with E-state index in [9.17, 15) is 44.8 Å². The van der Waals surface area contributed by atoms with E-state index in [0.29, 0.717) is 30.8 Å². The number of rotatable bonds is 24. The summed E-state index contributed by atoms with van der Waals surface area (Å²) in [4.78, 5) is 36.3. The van der Waals surface area contributed by atoms with Gasteiger partial charge in [-0.2, -0.15) is 30.4 Å². The molecule has 4 aliphatic carbocycles. The summed E-state index contributed by atoms with van der Waals surface area (Å²) in [6.07, 6.45) is 11.1. The molecule has 0 N–H and O–H groups in total. The van der Waals surface area contributed by atoms with E-state index in [2.05, 4.69) is 34.9 Å². The molecular weight excluding hydrogens is 850 g/mol. The van der Waals surface area contributed by atoms with Crippen molar-refractivity contribution in [3.8, 4) is 0 Å². The monoisotopic (exact) mass is 921 g/mol. The van der Waals surface area contributed by atoms with Gasteiger partial charge in [-0.3, -0.25) is 13.9 Å². The molecule has 4 aliphatic rings. The smallest absolute Gasteiger partial charge is 0.465 e. The normalized spacial score (nSPS) is 22.6. The number of alkyl halides is 5. The lowest BCUT2D eigenvalue weighted by Crippen LogP contribution is -2.63. The number of unbranched alkanes of at least 4 members (excludes halogenated alkanes) is 9. The van der Waals surface area contributed by atoms with Crippen LogP contribution in [0.2, 0.25) is 0 Å². The van der Waals surface area contributed by atoms with Crippen molar-refractivity contribution in [2.75, 3.05) is 13.2 Å². The average molecular weight is 922 g/mol. The molecule has 63 heavy (non-hydrogen) atoms. The Labute approximate surface area is 372 Å². The Balaban J connectivity index is 0.000000414. The van der Waals surface area contributed by atoms with Crippen LogP contribution in [0, 0.1) is 40.4 Å². The molecule has 0 atom stereocenters. The van der Waals surface area contributed by atoms with Crippen molar-refractivity contribution in [2.45, 2.75) is 182 Å². The van der Waals surface area contributed by atoms with Gasteiger partial charge >= 0.3 is 39.5 Å². The van der Waals surface area contributed by atoms with E-state index in [4.69, 9.17) is 9.47 Å². The summed E-state index contributed by atoms with van der Waals surface area (Å²) in [7, 11) is -6.22. The first-order chi connectivity index (χ1) is 29.4. The minimum atomic E-state index is -6.22. The zero-order valence-electron chi connectivity index (χ0n) is 38.6. The van der Waals surface area contributed by atoms with Crippen LogP contribution in [-0.4, -0.2) is 62.3 Å². The Morgan fingerprint density at radius 3 is 1.49 bits per heavy atom. The third kappa shape index (κ3) is 14.6. The third-order valence-electron chi connectivity index (χ3n) is 13.6. The number of hydrogen-bond acceptors (Lipinski definition) is 10. The van der Waals surface area contributed by atoms with Crippen LogP contribution in [0.4, 0.5) is 22.0 Å². The molecule has 16 heteroatoms. The highest BCUT2D eigenvalue weighted by Gasteiger charge is 2.61. The minimum absolute atomic E-state index is 0.0335. The van der Waals surface area contributed by atoms with Crippen LogP contribution >= 0.6 is 0 Å². The van der Waals surface area contributed by atoms with Crippen LogP contribution in [0.3, 0.4) is 0 Å². The molecule has 0 unspecified atom stereocenters. The van der Waals surface area contributed by atoms with E-state index in [-0.39, 0.29) is 29.4 Å². The van der Waals surface area contributed by atoms with Crippen LogP contribution in [-0.2, 0) is 43.0 Å². The highest BCUT2D eigenvalue weighted by Crippen LogP contribution is 2.62. The molecule has 0 radical (unpaired) electrons. The molecule has 4 fully saturated rings. The molecule has 0 saturated heterocycles. The minimum Gasteiger partial charge on any atom is -0.465 e. The molecular formula is C47H72F5NO9S. The summed E-state index contributed by atoms with van der Waals surface area (Å²) < 4.78 is 111. The molecule has 0 heterocycles. The van der Waals surface area contributed by atoms with Crippen molar-refractivity contribution in [3.05, 3.63) is 35.9 Å². The number of hydrogen-bond donors (Lipinski definition) is 0. The topological polar surface area (TPSA) is 135 Å². The molecule has 360 valence electrons. The number of ether oxygens (including phenoxy) is 3. The van der Waals surface area contributed by atoms with Gasteiger partial charge in [0, 0.05) is 5.56 Å². The summed E-state index contributed by atoms with van der Waals surface area (Å²) in [6, 6.07) is 5.61. The first-order valence-electron chi connectivity index (χ1n) is 22.9. The second-order valence-corrected chi connectivity index (χ2v) is 20.9. The maximum atomic E-state index is 14.1. The van der Waals surface area contributed by atoms with Crippen molar-refractivity contribution in [3.63, 3.8) is 0 Å². The molecule has 0 spiro atoms. The van der Waals surface area contributed by atoms with Crippen LogP contribution < -0.4 is 0 Å². The lowest BCUT2D eigenvalue weighted by molar-refractivity contribution is -0.231. The number of carbonyl (C=O) groups is 3. The van der Waals surface area contributed by atoms with Crippen LogP contribution in [0.25, 0.3) is 0 Å². The summed E-state index contributed by atoms with van der Waals surface area (Å²) in [5.74, 6) is 0.884. The molecule has 4 saturated carbocycles. The molecule has 0 aromatic heterocycles. The third-order valence-corrected chi connectivity index (χ3v) is 14.6. The largest absolute Gasteiger partial charge is 0.478 e. The van der Waals surface area contributed by atoms with Gasteiger partial charge in [0.05, 0.1) is 24.0 Å². The van der Waals surface area contributed by atoms with Crippen molar-refractivity contribution < 1.29 is 63.2 Å². The lowest BCUT2D eigenvalue weighted by Gasteiger charge is -2.62. The highest BCUT2D eigenvalue weighted by atomic mass is 32.2. The number of esters is 3. The van der Waals surface area contributed by atoms with E-state index >= 15 is 0 Å². The predicted octanol–water partition coefficient (Wildman–Crippen LogP) is 12.1. The maximum Gasteiger partial charge on any atom is 0.478 e. The number of benzene rings is 1. The fraction of sp³-hybridized carbons (Fsp3) is 0.787. The number of nitrogens with zero attached hydrogens (tertiary/aromatic N) is 1. The second-order valence-electron chi connectivity index (χ2n) is 19.3. The van der Waals surface area contributed by atoms with E-state index in [1.807, 2.05) is 34.6 Å². The molecule has 1 aromatic rings. The fourth-order valence-corrected chi connectivity index (χ4v) is 9.59. The van der Waals surface area contributed by atoms with Crippen LogP contribution in [0.15, 0.2) is 35.5 Å². The zero-order valence-corrected chi connectivity index (χ0v) is 39.4. The van der Waals surface area contributed by atoms with Gasteiger partial charge in [0.15, 0.2) is 5.71 Å². The van der Waals surface area contributed by atoms with Gasteiger partial charge in [-0.1, -0.05) is 115 Å². The van der Waals surface area contributed by atoms with Gasteiger partial charge < -0.3 is 14.2 Å². The summed E-state index contributed by atoms with van der Waals surface area (Å²) in [5.41, 5.74) is -3.48. The lowest BCUT2D eigenvalue weighted by atomic mass is 9.47. The zero-order chi connectivity index (χ0) is 47.3. The standard InChI is InChI=1S/C28H40F5NO7S.C19H32O2/c1-4-26(2,3)24(35)39-20-16-11-9-7-5-6-8-10-12-17-21-40-25(36)28(32,33)42(37,38)41-34-23(27(29,30)31)22-18-14-13-15-19-22;1-6-18(4,5)17(20)21-19(12(2)3)15-8-13-7-14(10-15)11-16(19)9-13/h13-15,18-19H,4-12,16-17,20-21H2,1-3H3;12-16H,6-11H2,1-5H3/b34-23+;. The van der Waals surface area contributed by atoms with E-state index in [1.54, 1.807) is 0 Å². The Morgan fingerprint density at radius 2 is 1.08 bits per heavy atom. The molecule has 1 aromatic carbocycles. The maximum absolute atomic E-state index is 14.1. The van der Waals surface area contributed by atoms with Gasteiger partial charge in [0.2, 0.25) is 0 Å². The quantitative estimate of drug-likeness (QED) is 0.0248. The van der Waals surface area contributed by atoms with Crippen molar-refractivity contribution in [2.24, 2.45) is 45.6 Å². The molecule has 0 amide bonds. The van der Waals surface area contributed by atoms with E-state index < -0.39 is 50.8 Å². The Kier molecular flexibility index (Phi) is 19.9.